The van der Waals surface area contributed by atoms with Crippen LogP contribution in [0.2, 0.25) is 0 Å². The Morgan fingerprint density at radius 2 is 1.35 bits per heavy atom. The van der Waals surface area contributed by atoms with Crippen molar-refractivity contribution in [1.29, 1.82) is 0 Å². The fourth-order valence-electron chi connectivity index (χ4n) is 3.09. The Morgan fingerprint density at radius 1 is 0.808 bits per heavy atom. The first-order chi connectivity index (χ1) is 12.5. The summed E-state index contributed by atoms with van der Waals surface area (Å²) in [5, 5.41) is 5.22. The average molecular weight is 358 g/mol. The Balaban J connectivity index is 1.65. The van der Waals surface area contributed by atoms with Gasteiger partial charge in [-0.1, -0.05) is 25.3 Å². The summed E-state index contributed by atoms with van der Waals surface area (Å²) in [6, 6.07) is 9.54. The third-order valence-electron chi connectivity index (χ3n) is 4.55. The molecule has 1 aliphatic carbocycles. The Morgan fingerprint density at radius 3 is 1.92 bits per heavy atom. The van der Waals surface area contributed by atoms with Crippen LogP contribution in [0.25, 0.3) is 0 Å². The van der Waals surface area contributed by atoms with E-state index in [9.17, 15) is 18.4 Å². The lowest BCUT2D eigenvalue weighted by atomic mass is 9.95. The first kappa shape index (κ1) is 18.0. The minimum atomic E-state index is -0.846. The zero-order valence-corrected chi connectivity index (χ0v) is 14.2. The van der Waals surface area contributed by atoms with E-state index in [0.717, 1.165) is 37.8 Å². The standard InChI is InChI=1S/C20H20F2N2O2/c21-16-7-4-8-17(22)18(16)24-20(26)14-11-9-13(10-12-14)19(25)23-15-5-2-1-3-6-15/h4,7-12,15H,1-3,5-6H2,(H,23,25)(H,24,26). The zero-order valence-electron chi connectivity index (χ0n) is 14.2. The third-order valence-corrected chi connectivity index (χ3v) is 4.55. The average Bonchev–Trinajstić information content (AvgIpc) is 2.65. The van der Waals surface area contributed by atoms with Crippen LogP contribution in [0.4, 0.5) is 14.5 Å². The molecule has 1 saturated carbocycles. The van der Waals surface area contributed by atoms with E-state index in [1.807, 2.05) is 0 Å². The molecule has 2 aromatic rings. The maximum Gasteiger partial charge on any atom is 0.255 e. The van der Waals surface area contributed by atoms with Gasteiger partial charge in [0.15, 0.2) is 0 Å². The fraction of sp³-hybridized carbons (Fsp3) is 0.300. The molecule has 6 heteroatoms. The maximum absolute atomic E-state index is 13.6. The van der Waals surface area contributed by atoms with Gasteiger partial charge in [-0.3, -0.25) is 9.59 Å². The zero-order chi connectivity index (χ0) is 18.5. The first-order valence-corrected chi connectivity index (χ1v) is 8.71. The van der Waals surface area contributed by atoms with Crippen molar-refractivity contribution >= 4 is 17.5 Å². The predicted octanol–water partition coefficient (Wildman–Crippen LogP) is 4.28. The molecule has 0 aromatic heterocycles. The van der Waals surface area contributed by atoms with Gasteiger partial charge in [0.25, 0.3) is 11.8 Å². The van der Waals surface area contributed by atoms with E-state index in [4.69, 9.17) is 0 Å². The number of carbonyl (C=O) groups is 2. The number of hydrogen-bond donors (Lipinski definition) is 2. The highest BCUT2D eigenvalue weighted by molar-refractivity contribution is 6.05. The largest absolute Gasteiger partial charge is 0.349 e. The molecule has 0 atom stereocenters. The summed E-state index contributed by atoms with van der Waals surface area (Å²) >= 11 is 0. The van der Waals surface area contributed by atoms with Crippen LogP contribution in [0.5, 0.6) is 0 Å². The Hall–Kier alpha value is -2.76. The third kappa shape index (κ3) is 4.25. The Kier molecular flexibility index (Phi) is 5.61. The van der Waals surface area contributed by atoms with Crippen molar-refractivity contribution in [3.05, 3.63) is 65.2 Å². The van der Waals surface area contributed by atoms with Crippen LogP contribution in [0, 0.1) is 11.6 Å². The quantitative estimate of drug-likeness (QED) is 0.857. The van der Waals surface area contributed by atoms with Crippen LogP contribution < -0.4 is 10.6 Å². The molecular weight excluding hydrogens is 338 g/mol. The number of para-hydroxylation sites is 1. The first-order valence-electron chi connectivity index (χ1n) is 8.71. The summed E-state index contributed by atoms with van der Waals surface area (Å²) in [6.45, 7) is 0. The lowest BCUT2D eigenvalue weighted by Gasteiger charge is -2.22. The van der Waals surface area contributed by atoms with Gasteiger partial charge in [-0.25, -0.2) is 8.78 Å². The van der Waals surface area contributed by atoms with Crippen LogP contribution in [0.1, 0.15) is 52.8 Å². The predicted molar refractivity (Wildman–Crippen MR) is 95.1 cm³/mol. The Bertz CT molecular complexity index is 780. The fourth-order valence-corrected chi connectivity index (χ4v) is 3.09. The summed E-state index contributed by atoms with van der Waals surface area (Å²) in [5.41, 5.74) is 0.169. The van der Waals surface area contributed by atoms with Gasteiger partial charge in [0.2, 0.25) is 0 Å². The molecule has 136 valence electrons. The van der Waals surface area contributed by atoms with Gasteiger partial charge >= 0.3 is 0 Å². The second-order valence-corrected chi connectivity index (χ2v) is 6.44. The lowest BCUT2D eigenvalue weighted by molar-refractivity contribution is 0.0926. The molecule has 0 bridgehead atoms. The molecule has 2 N–H and O–H groups in total. The summed E-state index contributed by atoms with van der Waals surface area (Å²) in [4.78, 5) is 24.4. The van der Waals surface area contributed by atoms with Gasteiger partial charge in [-0.05, 0) is 49.2 Å². The highest BCUT2D eigenvalue weighted by Crippen LogP contribution is 2.20. The number of anilines is 1. The molecule has 0 aliphatic heterocycles. The molecule has 0 heterocycles. The Labute approximate surface area is 150 Å². The molecule has 26 heavy (non-hydrogen) atoms. The number of hydrogen-bond acceptors (Lipinski definition) is 2. The second-order valence-electron chi connectivity index (χ2n) is 6.44. The number of rotatable bonds is 4. The van der Waals surface area contributed by atoms with Crippen molar-refractivity contribution in [2.45, 2.75) is 38.1 Å². The highest BCUT2D eigenvalue weighted by atomic mass is 19.1. The van der Waals surface area contributed by atoms with Crippen molar-refractivity contribution in [3.8, 4) is 0 Å². The summed E-state index contributed by atoms with van der Waals surface area (Å²) in [5.74, 6) is -2.51. The molecule has 1 fully saturated rings. The van der Waals surface area contributed by atoms with E-state index in [-0.39, 0.29) is 17.5 Å². The molecular formula is C20H20F2N2O2. The maximum atomic E-state index is 13.6. The molecule has 0 spiro atoms. The van der Waals surface area contributed by atoms with Crippen LogP contribution in [0.3, 0.4) is 0 Å². The van der Waals surface area contributed by atoms with Crippen molar-refractivity contribution in [3.63, 3.8) is 0 Å². The van der Waals surface area contributed by atoms with E-state index < -0.39 is 23.2 Å². The van der Waals surface area contributed by atoms with Gasteiger partial charge < -0.3 is 10.6 Å². The number of halogens is 2. The van der Waals surface area contributed by atoms with Gasteiger partial charge in [-0.15, -0.1) is 0 Å². The molecule has 2 aromatic carbocycles. The molecule has 1 aliphatic rings. The van der Waals surface area contributed by atoms with Crippen LogP contribution >= 0.6 is 0 Å². The van der Waals surface area contributed by atoms with Gasteiger partial charge in [0, 0.05) is 17.2 Å². The topological polar surface area (TPSA) is 58.2 Å². The summed E-state index contributed by atoms with van der Waals surface area (Å²) < 4.78 is 27.2. The van der Waals surface area contributed by atoms with E-state index in [1.165, 1.54) is 36.8 Å². The molecule has 0 saturated heterocycles. The monoisotopic (exact) mass is 358 g/mol. The van der Waals surface area contributed by atoms with Crippen molar-refractivity contribution in [2.75, 3.05) is 5.32 Å². The molecule has 2 amide bonds. The minimum absolute atomic E-state index is 0.177. The summed E-state index contributed by atoms with van der Waals surface area (Å²) in [7, 11) is 0. The normalized spacial score (nSPS) is 14.7. The van der Waals surface area contributed by atoms with Crippen LogP contribution in [-0.2, 0) is 0 Å². The number of amides is 2. The van der Waals surface area contributed by atoms with Gasteiger partial charge in [0.05, 0.1) is 0 Å². The molecule has 3 rings (SSSR count). The molecule has 0 radical (unpaired) electrons. The lowest BCUT2D eigenvalue weighted by Crippen LogP contribution is -2.36. The van der Waals surface area contributed by atoms with E-state index in [1.54, 1.807) is 0 Å². The smallest absolute Gasteiger partial charge is 0.255 e. The van der Waals surface area contributed by atoms with Gasteiger partial charge in [0.1, 0.15) is 17.3 Å². The number of carbonyl (C=O) groups excluding carboxylic acids is 2. The minimum Gasteiger partial charge on any atom is -0.349 e. The highest BCUT2D eigenvalue weighted by Gasteiger charge is 2.17. The molecule has 0 unspecified atom stereocenters. The van der Waals surface area contributed by atoms with Crippen molar-refractivity contribution in [1.82, 2.24) is 5.32 Å². The van der Waals surface area contributed by atoms with Gasteiger partial charge in [-0.2, -0.15) is 0 Å². The molecule has 4 nitrogen and oxygen atoms in total. The number of nitrogens with one attached hydrogen (secondary N) is 2. The van der Waals surface area contributed by atoms with E-state index >= 15 is 0 Å². The SMILES string of the molecule is O=C(Nc1c(F)cccc1F)c1ccc(C(=O)NC2CCCCC2)cc1. The van der Waals surface area contributed by atoms with Crippen molar-refractivity contribution < 1.29 is 18.4 Å². The second kappa shape index (κ2) is 8.08. The van der Waals surface area contributed by atoms with E-state index in [2.05, 4.69) is 10.6 Å². The number of benzene rings is 2. The summed E-state index contributed by atoms with van der Waals surface area (Å²) in [6.07, 6.45) is 5.42. The van der Waals surface area contributed by atoms with Crippen LogP contribution in [-0.4, -0.2) is 17.9 Å². The van der Waals surface area contributed by atoms with E-state index in [0.29, 0.717) is 5.56 Å². The van der Waals surface area contributed by atoms with Crippen LogP contribution in [0.15, 0.2) is 42.5 Å². The van der Waals surface area contributed by atoms with Crippen molar-refractivity contribution in [2.24, 2.45) is 0 Å².